The van der Waals surface area contributed by atoms with Crippen LogP contribution in [0.3, 0.4) is 0 Å². The van der Waals surface area contributed by atoms with Gasteiger partial charge in [-0.15, -0.1) is 24.8 Å². The van der Waals surface area contributed by atoms with Crippen LogP contribution in [0.4, 0.5) is 5.69 Å². The number of carbonyl (C=O) groups excluding carboxylic acids is 1. The summed E-state index contributed by atoms with van der Waals surface area (Å²) in [5, 5.41) is 2.72. The quantitative estimate of drug-likeness (QED) is 0.601. The second kappa shape index (κ2) is 10.7. The molecule has 10 heteroatoms. The fraction of sp³-hybridized carbons (Fsp3) is 0.500. The number of nitrogens with zero attached hydrogens (tertiary/aromatic N) is 1. The maximum Gasteiger partial charge on any atom is 0.241 e. The average Bonchev–Trinajstić information content (AvgIpc) is 2.91. The van der Waals surface area contributed by atoms with Gasteiger partial charge in [0, 0.05) is 18.4 Å². The zero-order chi connectivity index (χ0) is 17.7. The van der Waals surface area contributed by atoms with Crippen LogP contribution < -0.4 is 11.1 Å². The van der Waals surface area contributed by atoms with Crippen LogP contribution in [0.2, 0.25) is 0 Å². The minimum absolute atomic E-state index is 0. The van der Waals surface area contributed by atoms with Gasteiger partial charge in [-0.25, -0.2) is 13.4 Å². The van der Waals surface area contributed by atoms with Crippen molar-refractivity contribution in [1.29, 1.82) is 0 Å². The highest BCUT2D eigenvalue weighted by atomic mass is 35.5. The number of carbonyl (C=O) groups is 1. The summed E-state index contributed by atoms with van der Waals surface area (Å²) in [5.41, 5.74) is 8.05. The first-order valence-corrected chi connectivity index (χ1v) is 10.1. The number of sulfone groups is 1. The molecule has 2 aromatic rings. The van der Waals surface area contributed by atoms with Crippen molar-refractivity contribution in [1.82, 2.24) is 9.97 Å². The summed E-state index contributed by atoms with van der Waals surface area (Å²) in [4.78, 5) is 19.8. The summed E-state index contributed by atoms with van der Waals surface area (Å²) in [6, 6.07) is 4.53. The lowest BCUT2D eigenvalue weighted by molar-refractivity contribution is -0.117. The van der Waals surface area contributed by atoms with Crippen LogP contribution >= 0.6 is 24.8 Å². The van der Waals surface area contributed by atoms with Crippen LogP contribution in [0.25, 0.3) is 11.0 Å². The molecule has 2 rings (SSSR count). The first kappa shape index (κ1) is 24.7. The predicted octanol–water partition coefficient (Wildman–Crippen LogP) is 2.45. The fourth-order valence-corrected chi connectivity index (χ4v) is 2.99. The van der Waals surface area contributed by atoms with Gasteiger partial charge < -0.3 is 16.0 Å². The number of aromatic nitrogens is 2. The number of H-pyrrole nitrogens is 1. The number of halogens is 2. The molecule has 1 unspecified atom stereocenters. The number of aromatic amines is 1. The van der Waals surface area contributed by atoms with Crippen molar-refractivity contribution in [2.75, 3.05) is 17.3 Å². The smallest absolute Gasteiger partial charge is 0.241 e. The molecule has 1 atom stereocenters. The Morgan fingerprint density at radius 1 is 1.35 bits per heavy atom. The van der Waals surface area contributed by atoms with Crippen LogP contribution in [-0.2, 0) is 21.1 Å². The topological polar surface area (TPSA) is 118 Å². The fourth-order valence-electron chi connectivity index (χ4n) is 2.31. The molecule has 0 aliphatic heterocycles. The van der Waals surface area contributed by atoms with E-state index in [1.807, 2.05) is 6.07 Å². The number of aryl methyl sites for hydroxylation is 1. The Morgan fingerprint density at radius 3 is 2.65 bits per heavy atom. The number of amides is 1. The molecule has 0 saturated carbocycles. The monoisotopic (exact) mass is 424 g/mol. The van der Waals surface area contributed by atoms with E-state index in [0.29, 0.717) is 5.69 Å². The molecule has 0 spiro atoms. The average molecular weight is 425 g/mol. The van der Waals surface area contributed by atoms with Crippen molar-refractivity contribution in [2.24, 2.45) is 5.73 Å². The van der Waals surface area contributed by atoms with Crippen molar-refractivity contribution in [3.8, 4) is 0 Å². The standard InChI is InChI=1S/C16H24N4O3S.2ClH/c1-3-4-5-15-19-13-7-6-11(10-14(13)20-15)18-16(21)12(17)8-9-24(2,22)23;;/h6-7,10,12H,3-5,8-9,17H2,1-2H3,(H,18,21)(H,19,20);2*1H. The molecule has 7 nitrogen and oxygen atoms in total. The van der Waals surface area contributed by atoms with Gasteiger partial charge in [-0.05, 0) is 31.0 Å². The van der Waals surface area contributed by atoms with Gasteiger partial charge in [0.15, 0.2) is 0 Å². The normalized spacial score (nSPS) is 12.1. The molecule has 0 radical (unpaired) electrons. The summed E-state index contributed by atoms with van der Waals surface area (Å²) in [6.45, 7) is 2.13. The molecule has 0 aliphatic rings. The number of hydrogen-bond donors (Lipinski definition) is 3. The van der Waals surface area contributed by atoms with Crippen molar-refractivity contribution < 1.29 is 13.2 Å². The molecule has 0 bridgehead atoms. The maximum absolute atomic E-state index is 12.1. The number of benzene rings is 1. The molecule has 148 valence electrons. The van der Waals surface area contributed by atoms with E-state index in [2.05, 4.69) is 22.2 Å². The third kappa shape index (κ3) is 7.49. The second-order valence-corrected chi connectivity index (χ2v) is 8.29. The Hall–Kier alpha value is -1.35. The highest BCUT2D eigenvalue weighted by molar-refractivity contribution is 7.90. The van der Waals surface area contributed by atoms with Crippen LogP contribution in [0.15, 0.2) is 18.2 Å². The van der Waals surface area contributed by atoms with Crippen molar-refractivity contribution >= 4 is 57.3 Å². The van der Waals surface area contributed by atoms with E-state index in [-0.39, 0.29) is 37.0 Å². The molecule has 1 amide bonds. The molecule has 1 aromatic heterocycles. The zero-order valence-corrected chi connectivity index (χ0v) is 17.3. The lowest BCUT2D eigenvalue weighted by Gasteiger charge is -2.11. The predicted molar refractivity (Wildman–Crippen MR) is 110 cm³/mol. The first-order chi connectivity index (χ1) is 11.3. The highest BCUT2D eigenvalue weighted by Crippen LogP contribution is 2.18. The Morgan fingerprint density at radius 2 is 2.04 bits per heavy atom. The van der Waals surface area contributed by atoms with E-state index in [0.717, 1.165) is 42.4 Å². The number of nitrogens with two attached hydrogens (primary N) is 1. The molecule has 4 N–H and O–H groups in total. The van der Waals surface area contributed by atoms with E-state index >= 15 is 0 Å². The molecule has 0 aliphatic carbocycles. The molecular weight excluding hydrogens is 399 g/mol. The Labute approximate surface area is 166 Å². The Bertz CT molecular complexity index is 824. The second-order valence-electron chi connectivity index (χ2n) is 6.03. The van der Waals surface area contributed by atoms with E-state index in [9.17, 15) is 13.2 Å². The van der Waals surface area contributed by atoms with Gasteiger partial charge in [-0.3, -0.25) is 4.79 Å². The number of rotatable bonds is 8. The summed E-state index contributed by atoms with van der Waals surface area (Å²) in [6.07, 6.45) is 4.28. The number of hydrogen-bond acceptors (Lipinski definition) is 5. The summed E-state index contributed by atoms with van der Waals surface area (Å²) in [5.74, 6) is 0.422. The number of anilines is 1. The SMILES string of the molecule is CCCCc1nc2ccc(NC(=O)C(N)CCS(C)(=O)=O)cc2[nH]1.Cl.Cl. The van der Waals surface area contributed by atoms with Crippen molar-refractivity contribution in [3.63, 3.8) is 0 Å². The van der Waals surface area contributed by atoms with Gasteiger partial charge in [-0.1, -0.05) is 13.3 Å². The third-order valence-corrected chi connectivity index (χ3v) is 4.68. The highest BCUT2D eigenvalue weighted by Gasteiger charge is 2.16. The van der Waals surface area contributed by atoms with Gasteiger partial charge in [0.05, 0.1) is 22.8 Å². The summed E-state index contributed by atoms with van der Waals surface area (Å²) >= 11 is 0. The molecule has 0 saturated heterocycles. The van der Waals surface area contributed by atoms with Gasteiger partial charge in [-0.2, -0.15) is 0 Å². The van der Waals surface area contributed by atoms with Crippen LogP contribution in [0, 0.1) is 0 Å². The lowest BCUT2D eigenvalue weighted by Crippen LogP contribution is -2.37. The molecule has 0 fully saturated rings. The molecule has 1 heterocycles. The van der Waals surface area contributed by atoms with Crippen molar-refractivity contribution in [3.05, 3.63) is 24.0 Å². The van der Waals surface area contributed by atoms with Gasteiger partial charge in [0.2, 0.25) is 5.91 Å². The molecular formula is C16H26Cl2N4O3S. The van der Waals surface area contributed by atoms with Gasteiger partial charge >= 0.3 is 0 Å². The Kier molecular flexibility index (Phi) is 10.2. The van der Waals surface area contributed by atoms with E-state index < -0.39 is 21.8 Å². The summed E-state index contributed by atoms with van der Waals surface area (Å²) < 4.78 is 22.3. The minimum atomic E-state index is -3.13. The van der Waals surface area contributed by atoms with Gasteiger partial charge in [0.25, 0.3) is 0 Å². The number of fused-ring (bicyclic) bond motifs is 1. The molecule has 1 aromatic carbocycles. The van der Waals surface area contributed by atoms with Crippen LogP contribution in [0.5, 0.6) is 0 Å². The van der Waals surface area contributed by atoms with Crippen LogP contribution in [0.1, 0.15) is 32.0 Å². The van der Waals surface area contributed by atoms with E-state index in [1.54, 1.807) is 12.1 Å². The van der Waals surface area contributed by atoms with E-state index in [1.165, 1.54) is 0 Å². The Balaban J connectivity index is 0.00000312. The maximum atomic E-state index is 12.1. The molecule has 26 heavy (non-hydrogen) atoms. The minimum Gasteiger partial charge on any atom is -0.342 e. The lowest BCUT2D eigenvalue weighted by atomic mass is 10.2. The largest absolute Gasteiger partial charge is 0.342 e. The zero-order valence-electron chi connectivity index (χ0n) is 14.8. The summed E-state index contributed by atoms with van der Waals surface area (Å²) in [7, 11) is -3.13. The van der Waals surface area contributed by atoms with Crippen molar-refractivity contribution in [2.45, 2.75) is 38.6 Å². The van der Waals surface area contributed by atoms with E-state index in [4.69, 9.17) is 5.73 Å². The number of unbranched alkanes of at least 4 members (excludes halogenated alkanes) is 1. The first-order valence-electron chi connectivity index (χ1n) is 8.01. The third-order valence-electron chi connectivity index (χ3n) is 3.70. The van der Waals surface area contributed by atoms with Crippen LogP contribution in [-0.4, -0.2) is 42.3 Å². The number of imidazole rings is 1. The van der Waals surface area contributed by atoms with Gasteiger partial charge in [0.1, 0.15) is 15.7 Å². The number of nitrogens with one attached hydrogen (secondary N) is 2.